The van der Waals surface area contributed by atoms with Gasteiger partial charge >= 0.3 is 0 Å². The fraction of sp³-hybridized carbons (Fsp3) is 0.421. The topological polar surface area (TPSA) is 112 Å². The van der Waals surface area contributed by atoms with Crippen LogP contribution in [0.4, 0.5) is 0 Å². The van der Waals surface area contributed by atoms with E-state index in [1.54, 1.807) is 29.4 Å². The number of carbonyl (C=O) groups is 1. The van der Waals surface area contributed by atoms with Crippen LogP contribution < -0.4 is 5.56 Å². The van der Waals surface area contributed by atoms with Crippen LogP contribution in [0.2, 0.25) is 0 Å². The van der Waals surface area contributed by atoms with E-state index in [0.717, 1.165) is 12.8 Å². The molecule has 1 amide bonds. The monoisotopic (exact) mass is 379 g/mol. The second-order valence-corrected chi connectivity index (χ2v) is 7.69. The van der Waals surface area contributed by atoms with E-state index in [1.165, 1.54) is 15.4 Å². The van der Waals surface area contributed by atoms with Crippen LogP contribution in [0.1, 0.15) is 37.0 Å². The Kier molecular flexibility index (Phi) is 4.26. The first kappa shape index (κ1) is 18.0. The van der Waals surface area contributed by atoms with Gasteiger partial charge in [0.2, 0.25) is 5.95 Å². The smallest absolute Gasteiger partial charge is 0.276 e. The molecule has 144 valence electrons. The molecule has 4 rings (SSSR count). The number of nitrogens with zero attached hydrogens (tertiary/aromatic N) is 6. The number of nitriles is 1. The summed E-state index contributed by atoms with van der Waals surface area (Å²) in [6, 6.07) is 5.77. The summed E-state index contributed by atoms with van der Waals surface area (Å²) in [6.45, 7) is 5.14. The van der Waals surface area contributed by atoms with Gasteiger partial charge in [0.15, 0.2) is 0 Å². The molecule has 0 aliphatic carbocycles. The van der Waals surface area contributed by atoms with E-state index in [-0.39, 0.29) is 28.7 Å². The summed E-state index contributed by atoms with van der Waals surface area (Å²) < 4.78 is 2.86. The number of piperidine rings is 1. The number of H-pyrrole nitrogens is 1. The lowest BCUT2D eigenvalue weighted by Crippen LogP contribution is -2.41. The summed E-state index contributed by atoms with van der Waals surface area (Å²) in [7, 11) is 0. The van der Waals surface area contributed by atoms with Crippen molar-refractivity contribution in [1.82, 2.24) is 29.3 Å². The number of amides is 1. The molecule has 0 saturated carbocycles. The highest BCUT2D eigenvalue weighted by Gasteiger charge is 2.34. The molecule has 0 unspecified atom stereocenters. The van der Waals surface area contributed by atoms with Crippen LogP contribution >= 0.6 is 0 Å². The molecule has 1 saturated heterocycles. The molecule has 0 bridgehead atoms. The maximum Gasteiger partial charge on any atom is 0.276 e. The molecule has 0 radical (unpaired) electrons. The van der Waals surface area contributed by atoms with Crippen molar-refractivity contribution in [3.8, 4) is 12.0 Å². The summed E-state index contributed by atoms with van der Waals surface area (Å²) in [5.41, 5.74) is 0.221. The van der Waals surface area contributed by atoms with Crippen LogP contribution in [-0.2, 0) is 0 Å². The highest BCUT2D eigenvalue weighted by Crippen LogP contribution is 2.34. The Bertz CT molecular complexity index is 1120. The van der Waals surface area contributed by atoms with Gasteiger partial charge in [-0.2, -0.15) is 10.4 Å². The van der Waals surface area contributed by atoms with E-state index in [9.17, 15) is 14.9 Å². The van der Waals surface area contributed by atoms with Gasteiger partial charge in [0, 0.05) is 25.5 Å². The van der Waals surface area contributed by atoms with Crippen molar-refractivity contribution in [3.63, 3.8) is 0 Å². The number of likely N-dealkylation sites (tertiary alicyclic amines) is 1. The molecule has 3 aromatic heterocycles. The van der Waals surface area contributed by atoms with Crippen molar-refractivity contribution in [2.24, 2.45) is 11.3 Å². The molecule has 0 aromatic carbocycles. The minimum atomic E-state index is -0.380. The minimum Gasteiger partial charge on any atom is -0.339 e. The van der Waals surface area contributed by atoms with Crippen molar-refractivity contribution in [2.45, 2.75) is 26.7 Å². The van der Waals surface area contributed by atoms with Gasteiger partial charge in [-0.1, -0.05) is 0 Å². The van der Waals surface area contributed by atoms with Crippen LogP contribution in [0.3, 0.4) is 0 Å². The van der Waals surface area contributed by atoms with Crippen molar-refractivity contribution in [3.05, 3.63) is 46.6 Å². The number of aromatic amines is 1. The Balaban J connectivity index is 1.51. The summed E-state index contributed by atoms with van der Waals surface area (Å²) >= 11 is 0. The molecule has 28 heavy (non-hydrogen) atoms. The summed E-state index contributed by atoms with van der Waals surface area (Å²) in [5, 5.41) is 17.8. The molecular weight excluding hydrogens is 358 g/mol. The Labute approximate surface area is 161 Å². The Morgan fingerprint density at radius 3 is 2.82 bits per heavy atom. The molecule has 0 spiro atoms. The van der Waals surface area contributed by atoms with Crippen LogP contribution in [0.25, 0.3) is 11.5 Å². The number of hydrogen-bond donors (Lipinski definition) is 1. The van der Waals surface area contributed by atoms with Crippen LogP contribution in [-0.4, -0.2) is 48.3 Å². The van der Waals surface area contributed by atoms with E-state index >= 15 is 0 Å². The number of rotatable bonds is 3. The van der Waals surface area contributed by atoms with Gasteiger partial charge in [0.25, 0.3) is 11.5 Å². The van der Waals surface area contributed by atoms with Gasteiger partial charge in [-0.15, -0.1) is 5.10 Å². The van der Waals surface area contributed by atoms with Gasteiger partial charge in [-0.3, -0.25) is 14.6 Å². The van der Waals surface area contributed by atoms with Gasteiger partial charge in [0.1, 0.15) is 5.52 Å². The predicted octanol–water partition coefficient (Wildman–Crippen LogP) is 1.61. The van der Waals surface area contributed by atoms with Crippen LogP contribution in [0, 0.1) is 22.7 Å². The molecule has 1 N–H and O–H groups in total. The predicted molar refractivity (Wildman–Crippen MR) is 101 cm³/mol. The summed E-state index contributed by atoms with van der Waals surface area (Å²) in [6.07, 6.45) is 6.34. The lowest BCUT2D eigenvalue weighted by atomic mass is 9.75. The third kappa shape index (κ3) is 3.07. The third-order valence-electron chi connectivity index (χ3n) is 5.53. The van der Waals surface area contributed by atoms with Crippen LogP contribution in [0.15, 0.2) is 35.5 Å². The van der Waals surface area contributed by atoms with Crippen molar-refractivity contribution in [2.75, 3.05) is 13.1 Å². The fourth-order valence-electron chi connectivity index (χ4n) is 3.66. The lowest BCUT2D eigenvalue weighted by Gasteiger charge is -2.37. The fourth-order valence-corrected chi connectivity index (χ4v) is 3.66. The molecule has 3 aromatic rings. The minimum absolute atomic E-state index is 0.108. The molecule has 4 heterocycles. The first-order chi connectivity index (χ1) is 13.4. The van der Waals surface area contributed by atoms with Crippen molar-refractivity contribution in [1.29, 1.82) is 5.26 Å². The highest BCUT2D eigenvalue weighted by molar-refractivity contribution is 5.93. The van der Waals surface area contributed by atoms with Gasteiger partial charge < -0.3 is 4.90 Å². The first-order valence-corrected chi connectivity index (χ1v) is 9.22. The second-order valence-electron chi connectivity index (χ2n) is 7.69. The number of nitrogens with one attached hydrogen (secondary N) is 1. The SMILES string of the molecule is CC(C)(C#N)C1CCN(C(=O)c2cnn(-c3nn4cccc4c(=O)[nH]3)c2)CC1. The van der Waals surface area contributed by atoms with E-state index in [2.05, 4.69) is 21.3 Å². The van der Waals surface area contributed by atoms with Gasteiger partial charge in [-0.25, -0.2) is 9.20 Å². The Morgan fingerprint density at radius 1 is 1.36 bits per heavy atom. The number of aromatic nitrogens is 5. The maximum atomic E-state index is 12.8. The average Bonchev–Trinajstić information content (AvgIpc) is 3.37. The molecular formula is C19H21N7O2. The van der Waals surface area contributed by atoms with Gasteiger partial charge in [-0.05, 0) is 44.7 Å². The zero-order chi connectivity index (χ0) is 19.9. The molecule has 9 nitrogen and oxygen atoms in total. The van der Waals surface area contributed by atoms with E-state index in [4.69, 9.17) is 0 Å². The van der Waals surface area contributed by atoms with E-state index < -0.39 is 0 Å². The molecule has 9 heteroatoms. The number of fused-ring (bicyclic) bond motifs is 1. The average molecular weight is 379 g/mol. The molecule has 1 aliphatic heterocycles. The quantitative estimate of drug-likeness (QED) is 0.743. The largest absolute Gasteiger partial charge is 0.339 e. The zero-order valence-corrected chi connectivity index (χ0v) is 15.8. The summed E-state index contributed by atoms with van der Waals surface area (Å²) in [5.74, 6) is 0.415. The van der Waals surface area contributed by atoms with Crippen LogP contribution in [0.5, 0.6) is 0 Å². The zero-order valence-electron chi connectivity index (χ0n) is 15.8. The first-order valence-electron chi connectivity index (χ1n) is 9.22. The third-order valence-corrected chi connectivity index (χ3v) is 5.53. The molecule has 0 atom stereocenters. The standard InChI is InChI=1S/C19H21N7O2/c1-19(2,12-20)14-5-8-24(9-6-14)17(28)13-10-21-26(11-13)18-22-16(27)15-4-3-7-25(15)23-18/h3-4,7,10-11,14H,5-6,8-9H2,1-2H3,(H,22,23,27). The molecule has 1 aliphatic rings. The van der Waals surface area contributed by atoms with Crippen molar-refractivity contribution >= 4 is 11.4 Å². The Hall–Kier alpha value is -3.41. The highest BCUT2D eigenvalue weighted by atomic mass is 16.2. The second kappa shape index (κ2) is 6.64. The lowest BCUT2D eigenvalue weighted by molar-refractivity contribution is 0.0638. The molecule has 1 fully saturated rings. The Morgan fingerprint density at radius 2 is 2.11 bits per heavy atom. The maximum absolute atomic E-state index is 12.8. The normalized spacial score (nSPS) is 15.7. The van der Waals surface area contributed by atoms with Crippen molar-refractivity contribution < 1.29 is 4.79 Å². The summed E-state index contributed by atoms with van der Waals surface area (Å²) in [4.78, 5) is 29.4. The van der Waals surface area contributed by atoms with Gasteiger partial charge in [0.05, 0.1) is 23.2 Å². The van der Waals surface area contributed by atoms with E-state index in [1.807, 2.05) is 13.8 Å². The number of hydrogen-bond acceptors (Lipinski definition) is 5. The van der Waals surface area contributed by atoms with E-state index in [0.29, 0.717) is 24.2 Å². The number of carbonyl (C=O) groups excluding carboxylic acids is 1.